The van der Waals surface area contributed by atoms with E-state index >= 15 is 0 Å². The van der Waals surface area contributed by atoms with Crippen molar-refractivity contribution >= 4 is 24.5 Å². The second-order valence-corrected chi connectivity index (χ2v) is 7.25. The first-order valence-electron chi connectivity index (χ1n) is 8.56. The second-order valence-electron chi connectivity index (χ2n) is 7.25. The number of aromatic nitrogens is 1. The Morgan fingerprint density at radius 3 is 2.42 bits per heavy atom. The number of benzene rings is 1. The molecular weight excluding hydrogens is 331 g/mol. The van der Waals surface area contributed by atoms with Gasteiger partial charge in [-0.1, -0.05) is 30.3 Å². The van der Waals surface area contributed by atoms with E-state index in [0.29, 0.717) is 5.82 Å². The molecule has 1 aliphatic rings. The fraction of sp³-hybridized carbons (Fsp3) is 0.368. The van der Waals surface area contributed by atoms with Crippen LogP contribution < -0.4 is 10.8 Å². The van der Waals surface area contributed by atoms with Crippen molar-refractivity contribution in [1.29, 1.82) is 0 Å². The number of amides is 1. The lowest BCUT2D eigenvalue weighted by Gasteiger charge is -2.32. The Bertz CT molecular complexity index is 764. The molecule has 6 nitrogen and oxygen atoms in total. The molecule has 1 amide bonds. The summed E-state index contributed by atoms with van der Waals surface area (Å²) in [6.45, 7) is 8.18. The molecule has 1 aromatic heterocycles. The van der Waals surface area contributed by atoms with Crippen molar-refractivity contribution in [2.24, 2.45) is 0 Å². The average Bonchev–Trinajstić information content (AvgIpc) is 2.82. The molecule has 0 bridgehead atoms. The summed E-state index contributed by atoms with van der Waals surface area (Å²) in [5.74, 6) is 0.385. The van der Waals surface area contributed by atoms with E-state index in [1.165, 1.54) is 0 Å². The van der Waals surface area contributed by atoms with Crippen LogP contribution in [-0.4, -0.2) is 29.4 Å². The molecule has 0 aliphatic carbocycles. The van der Waals surface area contributed by atoms with Gasteiger partial charge < -0.3 is 14.0 Å². The zero-order valence-corrected chi connectivity index (χ0v) is 15.5. The molecule has 136 valence electrons. The number of nitrogens with one attached hydrogen (secondary N) is 1. The van der Waals surface area contributed by atoms with Gasteiger partial charge in [0, 0.05) is 6.20 Å². The Balaban J connectivity index is 1.62. The molecule has 0 unspecified atom stereocenters. The zero-order valence-electron chi connectivity index (χ0n) is 15.5. The number of carbonyl (C=O) groups is 1. The van der Waals surface area contributed by atoms with E-state index in [-0.39, 0.29) is 6.61 Å². The molecule has 0 saturated carbocycles. The van der Waals surface area contributed by atoms with Crippen LogP contribution in [0.25, 0.3) is 0 Å². The summed E-state index contributed by atoms with van der Waals surface area (Å²) in [4.78, 5) is 16.1. The van der Waals surface area contributed by atoms with E-state index < -0.39 is 24.4 Å². The molecule has 1 saturated heterocycles. The molecule has 3 rings (SSSR count). The second kappa shape index (κ2) is 7.09. The number of hydrogen-bond donors (Lipinski definition) is 1. The Hall–Kier alpha value is -2.38. The number of rotatable bonds is 4. The van der Waals surface area contributed by atoms with Crippen molar-refractivity contribution in [2.45, 2.75) is 45.5 Å². The smallest absolute Gasteiger partial charge is 0.444 e. The minimum absolute atomic E-state index is 0.198. The minimum Gasteiger partial charge on any atom is -0.444 e. The van der Waals surface area contributed by atoms with E-state index in [0.717, 1.165) is 11.0 Å². The summed E-state index contributed by atoms with van der Waals surface area (Å²) in [7, 11) is -0.510. The molecule has 0 radical (unpaired) electrons. The maximum atomic E-state index is 12.0. The van der Waals surface area contributed by atoms with Crippen LogP contribution in [0.4, 0.5) is 10.6 Å². The van der Waals surface area contributed by atoms with Gasteiger partial charge in [0.15, 0.2) is 0 Å². The van der Waals surface area contributed by atoms with Gasteiger partial charge in [-0.3, -0.25) is 5.32 Å². The molecule has 1 fully saturated rings. The summed E-state index contributed by atoms with van der Waals surface area (Å²) >= 11 is 0. The summed E-state index contributed by atoms with van der Waals surface area (Å²) in [6.07, 6.45) is 1.04. The van der Waals surface area contributed by atoms with Crippen LogP contribution in [0.15, 0.2) is 48.7 Å². The van der Waals surface area contributed by atoms with Gasteiger partial charge in [-0.2, -0.15) is 0 Å². The Kier molecular flexibility index (Phi) is 5.02. The fourth-order valence-electron chi connectivity index (χ4n) is 2.50. The summed E-state index contributed by atoms with van der Waals surface area (Å²) in [5, 5.41) is 2.63. The predicted octanol–water partition coefficient (Wildman–Crippen LogP) is 3.13. The van der Waals surface area contributed by atoms with Crippen LogP contribution in [0.3, 0.4) is 0 Å². The topological polar surface area (TPSA) is 69.7 Å². The van der Waals surface area contributed by atoms with Crippen LogP contribution >= 0.6 is 0 Å². The molecule has 1 aromatic carbocycles. The van der Waals surface area contributed by atoms with Gasteiger partial charge in [0.2, 0.25) is 0 Å². The average molecular weight is 354 g/mol. The highest BCUT2D eigenvalue weighted by atomic mass is 16.7. The van der Waals surface area contributed by atoms with Crippen LogP contribution in [0, 0.1) is 0 Å². The van der Waals surface area contributed by atoms with Crippen LogP contribution in [-0.2, 0) is 20.7 Å². The van der Waals surface area contributed by atoms with Crippen molar-refractivity contribution in [3.63, 3.8) is 0 Å². The number of hydrogen-bond acceptors (Lipinski definition) is 5. The third kappa shape index (κ3) is 4.06. The first-order chi connectivity index (χ1) is 12.3. The van der Waals surface area contributed by atoms with Crippen molar-refractivity contribution in [3.8, 4) is 0 Å². The van der Waals surface area contributed by atoms with Crippen molar-refractivity contribution in [2.75, 3.05) is 5.32 Å². The fourth-order valence-corrected chi connectivity index (χ4v) is 2.50. The van der Waals surface area contributed by atoms with E-state index in [9.17, 15) is 4.79 Å². The maximum absolute atomic E-state index is 12.0. The molecule has 1 aliphatic heterocycles. The molecule has 1 N–H and O–H groups in total. The van der Waals surface area contributed by atoms with E-state index in [1.807, 2.05) is 64.1 Å². The van der Waals surface area contributed by atoms with Gasteiger partial charge in [0.05, 0.1) is 11.2 Å². The lowest BCUT2D eigenvalue weighted by Crippen LogP contribution is -2.41. The minimum atomic E-state index is -0.563. The van der Waals surface area contributed by atoms with Gasteiger partial charge in [-0.25, -0.2) is 9.78 Å². The normalized spacial score (nSPS) is 17.8. The summed E-state index contributed by atoms with van der Waals surface area (Å²) < 4.78 is 17.3. The van der Waals surface area contributed by atoms with E-state index in [2.05, 4.69) is 10.3 Å². The van der Waals surface area contributed by atoms with Gasteiger partial charge in [0.1, 0.15) is 12.4 Å². The van der Waals surface area contributed by atoms with Gasteiger partial charge >= 0.3 is 13.2 Å². The van der Waals surface area contributed by atoms with E-state index in [4.69, 9.17) is 14.0 Å². The number of pyridine rings is 1. The lowest BCUT2D eigenvalue weighted by molar-refractivity contribution is 0.00578. The van der Waals surface area contributed by atoms with Crippen molar-refractivity contribution in [1.82, 2.24) is 4.98 Å². The number of carbonyl (C=O) groups excluding carboxylic acids is 1. The third-order valence-electron chi connectivity index (χ3n) is 4.75. The summed E-state index contributed by atoms with van der Waals surface area (Å²) in [6, 6.07) is 13.0. The Morgan fingerprint density at radius 2 is 1.77 bits per heavy atom. The number of nitrogens with zero attached hydrogens (tertiary/aromatic N) is 1. The van der Waals surface area contributed by atoms with Crippen molar-refractivity contribution < 1.29 is 18.8 Å². The van der Waals surface area contributed by atoms with Gasteiger partial charge in [0.25, 0.3) is 0 Å². The molecule has 7 heteroatoms. The number of anilines is 1. The quantitative estimate of drug-likeness (QED) is 0.855. The van der Waals surface area contributed by atoms with Gasteiger partial charge in [-0.15, -0.1) is 0 Å². The monoisotopic (exact) mass is 354 g/mol. The molecule has 2 heterocycles. The number of ether oxygens (including phenoxy) is 1. The first kappa shape index (κ1) is 18.4. The molecule has 26 heavy (non-hydrogen) atoms. The molecule has 0 atom stereocenters. The highest BCUT2D eigenvalue weighted by Crippen LogP contribution is 2.36. The first-order valence-corrected chi connectivity index (χ1v) is 8.56. The molecule has 2 aromatic rings. The predicted molar refractivity (Wildman–Crippen MR) is 100 cm³/mol. The third-order valence-corrected chi connectivity index (χ3v) is 4.75. The highest BCUT2D eigenvalue weighted by Gasteiger charge is 2.51. The molecular formula is C19H23BN2O4. The lowest BCUT2D eigenvalue weighted by atomic mass is 9.80. The maximum Gasteiger partial charge on any atom is 0.495 e. The highest BCUT2D eigenvalue weighted by molar-refractivity contribution is 6.62. The van der Waals surface area contributed by atoms with Crippen LogP contribution in [0.5, 0.6) is 0 Å². The zero-order chi connectivity index (χ0) is 18.8. The van der Waals surface area contributed by atoms with Crippen LogP contribution in [0.2, 0.25) is 0 Å². The van der Waals surface area contributed by atoms with E-state index in [1.54, 1.807) is 12.3 Å². The SMILES string of the molecule is CC1(C)OB(c2ccnc(NC(=O)OCc3ccccc3)c2)OC1(C)C. The van der Waals surface area contributed by atoms with Crippen LogP contribution in [0.1, 0.15) is 33.3 Å². The summed E-state index contributed by atoms with van der Waals surface area (Å²) in [5.41, 5.74) is 0.852. The van der Waals surface area contributed by atoms with Crippen molar-refractivity contribution in [3.05, 3.63) is 54.2 Å². The Labute approximate surface area is 154 Å². The largest absolute Gasteiger partial charge is 0.495 e. The standard InChI is InChI=1S/C19H23BN2O4/c1-18(2)19(3,4)26-20(25-18)15-10-11-21-16(12-15)22-17(23)24-13-14-8-6-5-7-9-14/h5-12H,13H2,1-4H3,(H,21,22,23). The van der Waals surface area contributed by atoms with Gasteiger partial charge in [-0.05, 0) is 50.9 Å². The molecule has 0 spiro atoms. The Morgan fingerprint density at radius 1 is 1.12 bits per heavy atom.